The summed E-state index contributed by atoms with van der Waals surface area (Å²) in [5.41, 5.74) is 4.76. The molecule has 1 aliphatic heterocycles. The van der Waals surface area contributed by atoms with Crippen molar-refractivity contribution in [3.8, 4) is 0 Å². The number of aromatic nitrogens is 1. The first kappa shape index (κ1) is 16.6. The molecule has 1 amide bonds. The summed E-state index contributed by atoms with van der Waals surface area (Å²) < 4.78 is 0. The number of piperazine rings is 1. The van der Waals surface area contributed by atoms with Crippen molar-refractivity contribution in [3.63, 3.8) is 0 Å². The SMILES string of the molecule is O=C(c1cccc2cc[nH]c12)N1CCN([C@H]2CCc3ccccc3C2)CC1. The summed E-state index contributed by atoms with van der Waals surface area (Å²) in [6, 6.07) is 17.4. The van der Waals surface area contributed by atoms with Crippen molar-refractivity contribution in [1.29, 1.82) is 0 Å². The number of aryl methyl sites for hydroxylation is 1. The Kier molecular flexibility index (Phi) is 4.21. The third-order valence-corrected chi connectivity index (χ3v) is 6.26. The van der Waals surface area contributed by atoms with E-state index < -0.39 is 0 Å². The van der Waals surface area contributed by atoms with Crippen LogP contribution in [0.5, 0.6) is 0 Å². The number of benzene rings is 2. The molecule has 3 aromatic rings. The number of H-pyrrole nitrogens is 1. The van der Waals surface area contributed by atoms with Gasteiger partial charge in [-0.15, -0.1) is 0 Å². The van der Waals surface area contributed by atoms with E-state index in [1.807, 2.05) is 35.4 Å². The van der Waals surface area contributed by atoms with Crippen LogP contribution in [0.25, 0.3) is 10.9 Å². The number of aromatic amines is 1. The van der Waals surface area contributed by atoms with Gasteiger partial charge in [0.05, 0.1) is 11.1 Å². The van der Waals surface area contributed by atoms with E-state index in [2.05, 4.69) is 34.1 Å². The monoisotopic (exact) mass is 359 g/mol. The zero-order chi connectivity index (χ0) is 18.2. The average molecular weight is 359 g/mol. The standard InChI is InChI=1S/C23H25N3O/c27-23(21-7-3-6-18-10-11-24-22(18)21)26-14-12-25(13-15-26)20-9-8-17-4-1-2-5-19(17)16-20/h1-7,10-11,20,24H,8-9,12-16H2/t20-/m0/s1. The lowest BCUT2D eigenvalue weighted by atomic mass is 9.87. The predicted molar refractivity (Wildman–Crippen MR) is 108 cm³/mol. The maximum Gasteiger partial charge on any atom is 0.256 e. The fourth-order valence-corrected chi connectivity index (χ4v) is 4.71. The van der Waals surface area contributed by atoms with E-state index in [-0.39, 0.29) is 5.91 Å². The highest BCUT2D eigenvalue weighted by Crippen LogP contribution is 2.26. The van der Waals surface area contributed by atoms with Crippen molar-refractivity contribution < 1.29 is 4.79 Å². The lowest BCUT2D eigenvalue weighted by Gasteiger charge is -2.41. The molecule has 1 aromatic heterocycles. The Morgan fingerprint density at radius 2 is 1.74 bits per heavy atom. The van der Waals surface area contributed by atoms with Crippen LogP contribution in [0.1, 0.15) is 27.9 Å². The Morgan fingerprint density at radius 3 is 2.59 bits per heavy atom. The molecule has 1 N–H and O–H groups in total. The second-order valence-corrected chi connectivity index (χ2v) is 7.74. The molecule has 0 bridgehead atoms. The Hall–Kier alpha value is -2.59. The number of carbonyl (C=O) groups excluding carboxylic acids is 1. The highest BCUT2D eigenvalue weighted by Gasteiger charge is 2.29. The fraction of sp³-hybridized carbons (Fsp3) is 0.348. The van der Waals surface area contributed by atoms with Gasteiger partial charge in [0, 0.05) is 43.8 Å². The third-order valence-electron chi connectivity index (χ3n) is 6.26. The molecule has 0 unspecified atom stereocenters. The maximum absolute atomic E-state index is 13.0. The molecule has 0 saturated carbocycles. The summed E-state index contributed by atoms with van der Waals surface area (Å²) >= 11 is 0. The molecular formula is C23H25N3O. The number of carbonyl (C=O) groups is 1. The molecule has 4 nitrogen and oxygen atoms in total. The van der Waals surface area contributed by atoms with Crippen LogP contribution in [0, 0.1) is 0 Å². The molecule has 1 saturated heterocycles. The molecule has 0 radical (unpaired) electrons. The fourth-order valence-electron chi connectivity index (χ4n) is 4.71. The highest BCUT2D eigenvalue weighted by atomic mass is 16.2. The van der Waals surface area contributed by atoms with Gasteiger partial charge in [-0.05, 0) is 42.5 Å². The second kappa shape index (κ2) is 6.86. The van der Waals surface area contributed by atoms with Crippen molar-refractivity contribution in [1.82, 2.24) is 14.8 Å². The molecule has 5 rings (SSSR count). The van der Waals surface area contributed by atoms with Gasteiger partial charge in [-0.2, -0.15) is 0 Å². The molecule has 1 fully saturated rings. The van der Waals surface area contributed by atoms with Gasteiger partial charge in [-0.3, -0.25) is 9.69 Å². The van der Waals surface area contributed by atoms with Gasteiger partial charge in [-0.1, -0.05) is 36.4 Å². The minimum atomic E-state index is 0.150. The molecular weight excluding hydrogens is 334 g/mol. The summed E-state index contributed by atoms with van der Waals surface area (Å²) in [5, 5.41) is 1.10. The number of fused-ring (bicyclic) bond motifs is 2. The van der Waals surface area contributed by atoms with Crippen LogP contribution in [-0.4, -0.2) is 52.9 Å². The Balaban J connectivity index is 1.25. The number of rotatable bonds is 2. The van der Waals surface area contributed by atoms with Crippen LogP contribution in [-0.2, 0) is 12.8 Å². The summed E-state index contributed by atoms with van der Waals surface area (Å²) in [6.45, 7) is 3.57. The average Bonchev–Trinajstić information content (AvgIpc) is 3.22. The number of amides is 1. The molecule has 2 heterocycles. The maximum atomic E-state index is 13.0. The Labute approximate surface area is 159 Å². The van der Waals surface area contributed by atoms with Gasteiger partial charge >= 0.3 is 0 Å². The zero-order valence-electron chi connectivity index (χ0n) is 15.5. The zero-order valence-corrected chi connectivity index (χ0v) is 15.5. The van der Waals surface area contributed by atoms with Crippen LogP contribution < -0.4 is 0 Å². The van der Waals surface area contributed by atoms with E-state index in [4.69, 9.17) is 0 Å². The van der Waals surface area contributed by atoms with E-state index in [1.165, 1.54) is 24.0 Å². The van der Waals surface area contributed by atoms with Crippen LogP contribution in [0.4, 0.5) is 0 Å². The number of para-hydroxylation sites is 1. The van der Waals surface area contributed by atoms with Gasteiger partial charge in [0.1, 0.15) is 0 Å². The van der Waals surface area contributed by atoms with Crippen LogP contribution in [0.3, 0.4) is 0 Å². The minimum absolute atomic E-state index is 0.150. The molecule has 0 spiro atoms. The first-order valence-corrected chi connectivity index (χ1v) is 9.96. The molecule has 2 aromatic carbocycles. The normalized spacial score (nSPS) is 20.6. The molecule has 27 heavy (non-hydrogen) atoms. The van der Waals surface area contributed by atoms with Gasteiger partial charge in [0.2, 0.25) is 0 Å². The van der Waals surface area contributed by atoms with Crippen molar-refractivity contribution in [2.24, 2.45) is 0 Å². The van der Waals surface area contributed by atoms with Crippen LogP contribution >= 0.6 is 0 Å². The lowest BCUT2D eigenvalue weighted by Crippen LogP contribution is -2.53. The number of nitrogens with one attached hydrogen (secondary N) is 1. The van der Waals surface area contributed by atoms with E-state index >= 15 is 0 Å². The largest absolute Gasteiger partial charge is 0.361 e. The van der Waals surface area contributed by atoms with E-state index in [1.54, 1.807) is 0 Å². The minimum Gasteiger partial charge on any atom is -0.361 e. The number of hydrogen-bond acceptors (Lipinski definition) is 2. The Morgan fingerprint density at radius 1 is 0.926 bits per heavy atom. The smallest absolute Gasteiger partial charge is 0.256 e. The first-order chi connectivity index (χ1) is 13.3. The first-order valence-electron chi connectivity index (χ1n) is 9.96. The summed E-state index contributed by atoms with van der Waals surface area (Å²) in [7, 11) is 0. The number of hydrogen-bond donors (Lipinski definition) is 1. The second-order valence-electron chi connectivity index (χ2n) is 7.74. The molecule has 1 aliphatic carbocycles. The lowest BCUT2D eigenvalue weighted by molar-refractivity contribution is 0.0554. The summed E-state index contributed by atoms with van der Waals surface area (Å²) in [4.78, 5) is 20.9. The van der Waals surface area contributed by atoms with Gasteiger partial charge < -0.3 is 9.88 Å². The van der Waals surface area contributed by atoms with Crippen molar-refractivity contribution in [2.45, 2.75) is 25.3 Å². The van der Waals surface area contributed by atoms with E-state index in [0.29, 0.717) is 6.04 Å². The highest BCUT2D eigenvalue weighted by molar-refractivity contribution is 6.05. The van der Waals surface area contributed by atoms with Gasteiger partial charge in [0.25, 0.3) is 5.91 Å². The molecule has 138 valence electrons. The predicted octanol–water partition coefficient (Wildman–Crippen LogP) is 3.48. The topological polar surface area (TPSA) is 39.3 Å². The van der Waals surface area contributed by atoms with Crippen molar-refractivity contribution in [3.05, 3.63) is 71.4 Å². The number of nitrogens with zero attached hydrogens (tertiary/aromatic N) is 2. The summed E-state index contributed by atoms with van der Waals surface area (Å²) in [6.07, 6.45) is 5.45. The third kappa shape index (κ3) is 3.04. The van der Waals surface area contributed by atoms with Crippen molar-refractivity contribution >= 4 is 16.8 Å². The quantitative estimate of drug-likeness (QED) is 0.761. The summed E-state index contributed by atoms with van der Waals surface area (Å²) in [5.74, 6) is 0.150. The van der Waals surface area contributed by atoms with Gasteiger partial charge in [0.15, 0.2) is 0 Å². The van der Waals surface area contributed by atoms with E-state index in [0.717, 1.165) is 49.1 Å². The molecule has 1 atom stereocenters. The molecule has 4 heteroatoms. The van der Waals surface area contributed by atoms with Crippen LogP contribution in [0.15, 0.2) is 54.7 Å². The Bertz CT molecular complexity index is 968. The van der Waals surface area contributed by atoms with Crippen molar-refractivity contribution in [2.75, 3.05) is 26.2 Å². The van der Waals surface area contributed by atoms with Crippen LogP contribution in [0.2, 0.25) is 0 Å². The van der Waals surface area contributed by atoms with Gasteiger partial charge in [-0.25, -0.2) is 0 Å². The van der Waals surface area contributed by atoms with E-state index in [9.17, 15) is 4.79 Å². The molecule has 2 aliphatic rings.